The van der Waals surface area contributed by atoms with Crippen LogP contribution >= 0.6 is 15.9 Å². The number of nitrogens with zero attached hydrogens (tertiary/aromatic N) is 2. The van der Waals surface area contributed by atoms with Gasteiger partial charge in [0.05, 0.1) is 16.1 Å². The number of aromatic nitrogens is 2. The lowest BCUT2D eigenvalue weighted by atomic mass is 9.92. The number of amides is 2. The summed E-state index contributed by atoms with van der Waals surface area (Å²) >= 11 is 3.49. The lowest BCUT2D eigenvalue weighted by Crippen LogP contribution is -2.48. The van der Waals surface area contributed by atoms with Crippen LogP contribution in [0, 0.1) is 5.92 Å². The average Bonchev–Trinajstić information content (AvgIpc) is 3.21. The normalized spacial score (nSPS) is 25.9. The molecular formula is C14H19BrN4O2. The van der Waals surface area contributed by atoms with Crippen LogP contribution < -0.4 is 5.73 Å². The minimum atomic E-state index is -0.334. The van der Waals surface area contributed by atoms with E-state index in [0.717, 1.165) is 35.8 Å². The van der Waals surface area contributed by atoms with Crippen molar-refractivity contribution in [2.45, 2.75) is 44.6 Å². The Hall–Kier alpha value is -1.37. The number of aromatic amines is 1. The van der Waals surface area contributed by atoms with E-state index in [1.807, 2.05) is 6.92 Å². The molecule has 3 rings (SSSR count). The summed E-state index contributed by atoms with van der Waals surface area (Å²) in [5.74, 6) is -0.237. The standard InChI is InChI=1S/C14H19BrN4O2/c1-7-2-3-9(13(16)20)6-19(7)14(21)12-10(15)11(17-18-12)8-4-5-8/h7-9H,2-6H2,1H3,(H2,16,20)(H,17,18). The van der Waals surface area contributed by atoms with Crippen LogP contribution in [0.25, 0.3) is 0 Å². The largest absolute Gasteiger partial charge is 0.369 e. The predicted octanol–water partition coefficient (Wildman–Crippen LogP) is 1.78. The van der Waals surface area contributed by atoms with Gasteiger partial charge in [0.1, 0.15) is 0 Å². The number of H-pyrrole nitrogens is 1. The van der Waals surface area contributed by atoms with Crippen LogP contribution in [0.2, 0.25) is 0 Å². The van der Waals surface area contributed by atoms with Gasteiger partial charge in [-0.1, -0.05) is 0 Å². The number of likely N-dealkylation sites (tertiary alicyclic amines) is 1. The summed E-state index contributed by atoms with van der Waals surface area (Å²) in [6.07, 6.45) is 3.81. The minimum Gasteiger partial charge on any atom is -0.369 e. The molecule has 2 fully saturated rings. The Balaban J connectivity index is 1.81. The molecule has 2 amide bonds. The van der Waals surface area contributed by atoms with E-state index in [1.165, 1.54) is 0 Å². The molecule has 1 aromatic heterocycles. The SMILES string of the molecule is CC1CCC(C(N)=O)CN1C(=O)c1n[nH]c(C2CC2)c1Br. The van der Waals surface area contributed by atoms with Crippen LogP contribution in [0.5, 0.6) is 0 Å². The zero-order valence-corrected chi connectivity index (χ0v) is 13.5. The van der Waals surface area contributed by atoms with Crippen molar-refractivity contribution in [3.8, 4) is 0 Å². The Morgan fingerprint density at radius 1 is 1.33 bits per heavy atom. The molecule has 1 aromatic rings. The van der Waals surface area contributed by atoms with Crippen molar-refractivity contribution in [3.63, 3.8) is 0 Å². The number of carbonyl (C=O) groups excluding carboxylic acids is 2. The molecule has 3 N–H and O–H groups in total. The van der Waals surface area contributed by atoms with Crippen molar-refractivity contribution in [2.24, 2.45) is 11.7 Å². The minimum absolute atomic E-state index is 0.0982. The second-order valence-electron chi connectivity index (χ2n) is 6.06. The molecule has 1 aliphatic heterocycles. The maximum absolute atomic E-state index is 12.7. The number of nitrogens with one attached hydrogen (secondary N) is 1. The van der Waals surface area contributed by atoms with Crippen molar-refractivity contribution in [1.29, 1.82) is 0 Å². The van der Waals surface area contributed by atoms with E-state index in [4.69, 9.17) is 5.73 Å². The summed E-state index contributed by atoms with van der Waals surface area (Å²) in [4.78, 5) is 25.8. The van der Waals surface area contributed by atoms with Crippen molar-refractivity contribution < 1.29 is 9.59 Å². The number of nitrogens with two attached hydrogens (primary N) is 1. The molecule has 21 heavy (non-hydrogen) atoms. The van der Waals surface area contributed by atoms with Crippen LogP contribution in [-0.4, -0.2) is 39.5 Å². The van der Waals surface area contributed by atoms with Crippen molar-refractivity contribution in [1.82, 2.24) is 15.1 Å². The fraction of sp³-hybridized carbons (Fsp3) is 0.643. The van der Waals surface area contributed by atoms with Gasteiger partial charge in [0, 0.05) is 18.5 Å². The summed E-state index contributed by atoms with van der Waals surface area (Å²) in [5, 5.41) is 7.15. The van der Waals surface area contributed by atoms with Gasteiger partial charge in [0.15, 0.2) is 5.69 Å². The average molecular weight is 355 g/mol. The molecule has 2 heterocycles. The molecule has 114 valence electrons. The third-order valence-corrected chi connectivity index (χ3v) is 5.27. The van der Waals surface area contributed by atoms with Gasteiger partial charge in [-0.05, 0) is 48.5 Å². The van der Waals surface area contributed by atoms with E-state index in [-0.39, 0.29) is 23.8 Å². The molecule has 1 aliphatic carbocycles. The molecule has 2 unspecified atom stereocenters. The van der Waals surface area contributed by atoms with Gasteiger partial charge in [0.2, 0.25) is 5.91 Å². The maximum Gasteiger partial charge on any atom is 0.275 e. The van der Waals surface area contributed by atoms with Gasteiger partial charge in [-0.3, -0.25) is 14.7 Å². The van der Waals surface area contributed by atoms with Gasteiger partial charge >= 0.3 is 0 Å². The van der Waals surface area contributed by atoms with Crippen LogP contribution in [0.15, 0.2) is 4.47 Å². The number of piperidine rings is 1. The smallest absolute Gasteiger partial charge is 0.275 e. The fourth-order valence-electron chi connectivity index (χ4n) is 2.88. The topological polar surface area (TPSA) is 92.1 Å². The summed E-state index contributed by atoms with van der Waals surface area (Å²) in [6.45, 7) is 2.38. The van der Waals surface area contributed by atoms with Gasteiger partial charge in [0.25, 0.3) is 5.91 Å². The molecule has 0 aromatic carbocycles. The highest BCUT2D eigenvalue weighted by Crippen LogP contribution is 2.43. The van der Waals surface area contributed by atoms with Crippen LogP contribution in [0.3, 0.4) is 0 Å². The zero-order chi connectivity index (χ0) is 15.1. The fourth-order valence-corrected chi connectivity index (χ4v) is 3.55. The first kappa shape index (κ1) is 14.6. The number of carbonyl (C=O) groups is 2. The van der Waals surface area contributed by atoms with Crippen molar-refractivity contribution in [3.05, 3.63) is 15.9 Å². The Morgan fingerprint density at radius 3 is 2.67 bits per heavy atom. The number of halogens is 1. The second kappa shape index (κ2) is 5.44. The van der Waals surface area contributed by atoms with Crippen LogP contribution in [0.4, 0.5) is 0 Å². The second-order valence-corrected chi connectivity index (χ2v) is 6.85. The molecule has 2 atom stereocenters. The lowest BCUT2D eigenvalue weighted by molar-refractivity contribution is -0.123. The van der Waals surface area contributed by atoms with Gasteiger partial charge < -0.3 is 10.6 Å². The number of primary amides is 1. The van der Waals surface area contributed by atoms with Gasteiger partial charge in [-0.15, -0.1) is 0 Å². The van der Waals surface area contributed by atoms with E-state index in [1.54, 1.807) is 4.90 Å². The van der Waals surface area contributed by atoms with Gasteiger partial charge in [-0.2, -0.15) is 5.10 Å². The summed E-state index contributed by atoms with van der Waals surface area (Å²) < 4.78 is 0.767. The number of hydrogen-bond donors (Lipinski definition) is 2. The molecule has 0 bridgehead atoms. The molecule has 0 radical (unpaired) electrons. The molecule has 6 nitrogen and oxygen atoms in total. The monoisotopic (exact) mass is 354 g/mol. The van der Waals surface area contributed by atoms with Crippen molar-refractivity contribution in [2.75, 3.05) is 6.54 Å². The van der Waals surface area contributed by atoms with Crippen molar-refractivity contribution >= 4 is 27.7 Å². The molecule has 7 heteroatoms. The first-order chi connectivity index (χ1) is 9.99. The predicted molar refractivity (Wildman–Crippen MR) is 80.7 cm³/mol. The van der Waals surface area contributed by atoms with E-state index in [0.29, 0.717) is 18.2 Å². The Bertz CT molecular complexity index is 582. The molecule has 1 saturated carbocycles. The van der Waals surface area contributed by atoms with Crippen LogP contribution in [0.1, 0.15) is 54.7 Å². The number of hydrogen-bond acceptors (Lipinski definition) is 3. The van der Waals surface area contributed by atoms with Crippen LogP contribution in [-0.2, 0) is 4.79 Å². The van der Waals surface area contributed by atoms with E-state index in [2.05, 4.69) is 26.1 Å². The maximum atomic E-state index is 12.7. The summed E-state index contributed by atoms with van der Waals surface area (Å²) in [7, 11) is 0. The third-order valence-electron chi connectivity index (χ3n) is 4.47. The van der Waals surface area contributed by atoms with E-state index >= 15 is 0 Å². The molecule has 2 aliphatic rings. The Kier molecular flexibility index (Phi) is 3.77. The summed E-state index contributed by atoms with van der Waals surface area (Å²) in [5.41, 5.74) is 6.81. The molecular weight excluding hydrogens is 336 g/mol. The quantitative estimate of drug-likeness (QED) is 0.866. The first-order valence-corrected chi connectivity index (χ1v) is 8.12. The molecule has 1 saturated heterocycles. The number of rotatable bonds is 3. The first-order valence-electron chi connectivity index (χ1n) is 7.33. The highest BCUT2D eigenvalue weighted by Gasteiger charge is 2.36. The summed E-state index contributed by atoms with van der Waals surface area (Å²) in [6, 6.07) is 0.0982. The molecule has 0 spiro atoms. The van der Waals surface area contributed by atoms with E-state index < -0.39 is 0 Å². The Morgan fingerprint density at radius 2 is 2.05 bits per heavy atom. The van der Waals surface area contributed by atoms with E-state index in [9.17, 15) is 9.59 Å². The highest BCUT2D eigenvalue weighted by molar-refractivity contribution is 9.10. The highest BCUT2D eigenvalue weighted by atomic mass is 79.9. The lowest BCUT2D eigenvalue weighted by Gasteiger charge is -2.36. The van der Waals surface area contributed by atoms with Gasteiger partial charge in [-0.25, -0.2) is 0 Å². The third kappa shape index (κ3) is 2.71. The Labute approximate surface area is 131 Å². The zero-order valence-electron chi connectivity index (χ0n) is 11.9.